The Labute approximate surface area is 159 Å². The van der Waals surface area contributed by atoms with Crippen molar-refractivity contribution in [3.8, 4) is 11.5 Å². The van der Waals surface area contributed by atoms with E-state index < -0.39 is 0 Å². The number of carbonyl (C=O) groups excluding carboxylic acids is 2. The zero-order valence-corrected chi connectivity index (χ0v) is 16.1. The fourth-order valence-corrected chi connectivity index (χ4v) is 3.30. The predicted octanol–water partition coefficient (Wildman–Crippen LogP) is 3.56. The Bertz CT molecular complexity index is 892. The summed E-state index contributed by atoms with van der Waals surface area (Å²) in [5.74, 6) is 1.08. The monoisotopic (exact) mass is 368 g/mol. The van der Waals surface area contributed by atoms with E-state index in [2.05, 4.69) is 5.32 Å². The van der Waals surface area contributed by atoms with Crippen molar-refractivity contribution in [3.63, 3.8) is 0 Å². The Morgan fingerprint density at radius 3 is 2.48 bits per heavy atom. The van der Waals surface area contributed by atoms with E-state index in [4.69, 9.17) is 9.47 Å². The van der Waals surface area contributed by atoms with E-state index in [1.54, 1.807) is 31.3 Å². The summed E-state index contributed by atoms with van der Waals surface area (Å²) in [6, 6.07) is 9.05. The van der Waals surface area contributed by atoms with Crippen LogP contribution in [0.15, 0.2) is 30.3 Å². The van der Waals surface area contributed by atoms with Gasteiger partial charge in [-0.3, -0.25) is 9.59 Å². The zero-order chi connectivity index (χ0) is 19.6. The molecule has 0 spiro atoms. The van der Waals surface area contributed by atoms with Crippen LogP contribution in [0.1, 0.15) is 34.8 Å². The fourth-order valence-electron chi connectivity index (χ4n) is 3.30. The molecule has 0 atom stereocenters. The standard InChI is InChI=1S/C21H24N2O4/c1-5-20(24)23-9-8-14-11-15(6-7-17(14)23)21(25)22-16-12-19(27-4)18(26-3)10-13(16)2/h6-7,10-12H,5,8-9H2,1-4H3,(H,22,25). The number of nitrogens with one attached hydrogen (secondary N) is 1. The van der Waals surface area contributed by atoms with Crippen molar-refractivity contribution < 1.29 is 19.1 Å². The summed E-state index contributed by atoms with van der Waals surface area (Å²) in [6.45, 7) is 4.42. The molecule has 2 amide bonds. The minimum Gasteiger partial charge on any atom is -0.493 e. The van der Waals surface area contributed by atoms with Gasteiger partial charge in [-0.05, 0) is 48.7 Å². The number of anilines is 2. The summed E-state index contributed by atoms with van der Waals surface area (Å²) < 4.78 is 10.6. The normalized spacial score (nSPS) is 12.5. The van der Waals surface area contributed by atoms with Gasteiger partial charge < -0.3 is 19.7 Å². The molecule has 27 heavy (non-hydrogen) atoms. The topological polar surface area (TPSA) is 67.9 Å². The number of aryl methyl sites for hydroxylation is 1. The van der Waals surface area contributed by atoms with Gasteiger partial charge in [-0.1, -0.05) is 6.92 Å². The van der Waals surface area contributed by atoms with Crippen molar-refractivity contribution in [1.29, 1.82) is 0 Å². The second-order valence-corrected chi connectivity index (χ2v) is 6.47. The molecule has 3 rings (SSSR count). The lowest BCUT2D eigenvalue weighted by molar-refractivity contribution is -0.118. The molecule has 1 aliphatic heterocycles. The Hall–Kier alpha value is -3.02. The molecule has 6 nitrogen and oxygen atoms in total. The van der Waals surface area contributed by atoms with Crippen LogP contribution < -0.4 is 19.7 Å². The number of amides is 2. The number of ether oxygens (including phenoxy) is 2. The van der Waals surface area contributed by atoms with Crippen LogP contribution in [0.25, 0.3) is 0 Å². The van der Waals surface area contributed by atoms with Crippen molar-refractivity contribution in [2.24, 2.45) is 0 Å². The van der Waals surface area contributed by atoms with Gasteiger partial charge in [-0.25, -0.2) is 0 Å². The molecule has 1 N–H and O–H groups in total. The number of rotatable bonds is 5. The van der Waals surface area contributed by atoms with Gasteiger partial charge in [0.05, 0.1) is 14.2 Å². The zero-order valence-electron chi connectivity index (χ0n) is 16.1. The van der Waals surface area contributed by atoms with E-state index in [-0.39, 0.29) is 11.8 Å². The molecule has 1 heterocycles. The summed E-state index contributed by atoms with van der Waals surface area (Å²) >= 11 is 0. The highest BCUT2D eigenvalue weighted by atomic mass is 16.5. The van der Waals surface area contributed by atoms with E-state index in [9.17, 15) is 9.59 Å². The van der Waals surface area contributed by atoms with Crippen molar-refractivity contribution in [2.45, 2.75) is 26.7 Å². The lowest BCUT2D eigenvalue weighted by Crippen LogP contribution is -2.27. The first-order valence-corrected chi connectivity index (χ1v) is 8.95. The predicted molar refractivity (Wildman–Crippen MR) is 105 cm³/mol. The Balaban J connectivity index is 1.83. The average molecular weight is 368 g/mol. The molecule has 142 valence electrons. The SMILES string of the molecule is CCC(=O)N1CCc2cc(C(=O)Nc3cc(OC)c(OC)cc3C)ccc21. The maximum atomic E-state index is 12.7. The van der Waals surface area contributed by atoms with Gasteiger partial charge in [-0.2, -0.15) is 0 Å². The molecular weight excluding hydrogens is 344 g/mol. The molecule has 2 aromatic rings. The fraction of sp³-hybridized carbons (Fsp3) is 0.333. The van der Waals surface area contributed by atoms with Crippen LogP contribution in [-0.4, -0.2) is 32.6 Å². The number of methoxy groups -OCH3 is 2. The van der Waals surface area contributed by atoms with Gasteiger partial charge in [0.2, 0.25) is 5.91 Å². The van der Waals surface area contributed by atoms with Gasteiger partial charge in [0.25, 0.3) is 5.91 Å². The smallest absolute Gasteiger partial charge is 0.255 e. The third-order valence-electron chi connectivity index (χ3n) is 4.82. The van der Waals surface area contributed by atoms with Gasteiger partial charge in [0.1, 0.15) is 0 Å². The van der Waals surface area contributed by atoms with Crippen molar-refractivity contribution in [2.75, 3.05) is 31.0 Å². The van der Waals surface area contributed by atoms with Crippen LogP contribution in [0.5, 0.6) is 11.5 Å². The highest BCUT2D eigenvalue weighted by Gasteiger charge is 2.24. The van der Waals surface area contributed by atoms with Gasteiger partial charge in [0.15, 0.2) is 11.5 Å². The summed E-state index contributed by atoms with van der Waals surface area (Å²) in [5, 5.41) is 2.93. The van der Waals surface area contributed by atoms with E-state index in [0.29, 0.717) is 35.7 Å². The Morgan fingerprint density at radius 2 is 1.81 bits per heavy atom. The van der Waals surface area contributed by atoms with Crippen molar-refractivity contribution >= 4 is 23.2 Å². The van der Waals surface area contributed by atoms with Crippen molar-refractivity contribution in [1.82, 2.24) is 0 Å². The van der Waals surface area contributed by atoms with E-state index in [0.717, 1.165) is 23.2 Å². The molecule has 0 fully saturated rings. The minimum atomic E-state index is -0.201. The van der Waals surface area contributed by atoms with Crippen LogP contribution in [0.2, 0.25) is 0 Å². The summed E-state index contributed by atoms with van der Waals surface area (Å²) in [6.07, 6.45) is 1.23. The highest BCUT2D eigenvalue weighted by Crippen LogP contribution is 2.34. The van der Waals surface area contributed by atoms with Gasteiger partial charge >= 0.3 is 0 Å². The number of hydrogen-bond acceptors (Lipinski definition) is 4. The van der Waals surface area contributed by atoms with Gasteiger partial charge in [0, 0.05) is 36.0 Å². The summed E-state index contributed by atoms with van der Waals surface area (Å²) in [7, 11) is 3.13. The maximum absolute atomic E-state index is 12.7. The summed E-state index contributed by atoms with van der Waals surface area (Å²) in [5.41, 5.74) is 4.03. The van der Waals surface area contributed by atoms with Crippen molar-refractivity contribution in [3.05, 3.63) is 47.0 Å². The van der Waals surface area contributed by atoms with E-state index in [1.165, 1.54) is 0 Å². The van der Waals surface area contributed by atoms with Crippen LogP contribution >= 0.6 is 0 Å². The second kappa shape index (κ2) is 7.70. The van der Waals surface area contributed by atoms with Crippen LogP contribution in [0.4, 0.5) is 11.4 Å². The maximum Gasteiger partial charge on any atom is 0.255 e. The number of nitrogens with zero attached hydrogens (tertiary/aromatic N) is 1. The third kappa shape index (κ3) is 3.60. The quantitative estimate of drug-likeness (QED) is 0.876. The van der Waals surface area contributed by atoms with E-state index in [1.807, 2.05) is 32.0 Å². The lowest BCUT2D eigenvalue weighted by Gasteiger charge is -2.17. The number of carbonyl (C=O) groups is 2. The molecule has 0 saturated carbocycles. The van der Waals surface area contributed by atoms with E-state index >= 15 is 0 Å². The third-order valence-corrected chi connectivity index (χ3v) is 4.82. The molecule has 0 aliphatic carbocycles. The molecule has 0 unspecified atom stereocenters. The van der Waals surface area contributed by atoms with Crippen LogP contribution in [0, 0.1) is 6.92 Å². The number of benzene rings is 2. The second-order valence-electron chi connectivity index (χ2n) is 6.47. The average Bonchev–Trinajstić information content (AvgIpc) is 3.11. The molecule has 0 bridgehead atoms. The molecular formula is C21H24N2O4. The molecule has 0 saturated heterocycles. The Morgan fingerprint density at radius 1 is 1.11 bits per heavy atom. The van der Waals surface area contributed by atoms with Crippen LogP contribution in [0.3, 0.4) is 0 Å². The molecule has 6 heteroatoms. The summed E-state index contributed by atoms with van der Waals surface area (Å²) in [4.78, 5) is 26.5. The molecule has 1 aliphatic rings. The lowest BCUT2D eigenvalue weighted by atomic mass is 10.1. The number of fused-ring (bicyclic) bond motifs is 1. The molecule has 0 aromatic heterocycles. The Kier molecular flexibility index (Phi) is 5.35. The number of hydrogen-bond donors (Lipinski definition) is 1. The largest absolute Gasteiger partial charge is 0.493 e. The highest BCUT2D eigenvalue weighted by molar-refractivity contribution is 6.06. The molecule has 2 aromatic carbocycles. The molecule has 0 radical (unpaired) electrons. The first-order valence-electron chi connectivity index (χ1n) is 8.95. The van der Waals surface area contributed by atoms with Gasteiger partial charge in [-0.15, -0.1) is 0 Å². The first kappa shape index (κ1) is 18.8. The first-order chi connectivity index (χ1) is 13.0. The minimum absolute atomic E-state index is 0.104. The van der Waals surface area contributed by atoms with Crippen LogP contribution in [-0.2, 0) is 11.2 Å².